The molecule has 1 saturated heterocycles. The molecule has 0 bridgehead atoms. The second kappa shape index (κ2) is 5.05. The summed E-state index contributed by atoms with van der Waals surface area (Å²) in [5.74, 6) is 0.220. The van der Waals surface area contributed by atoms with Crippen molar-refractivity contribution in [2.45, 2.75) is 70.3 Å². The van der Waals surface area contributed by atoms with E-state index in [0.717, 1.165) is 32.2 Å². The van der Waals surface area contributed by atoms with E-state index in [4.69, 9.17) is 0 Å². The minimum atomic E-state index is -0.567. The molecule has 0 aromatic heterocycles. The highest BCUT2D eigenvalue weighted by Gasteiger charge is 2.48. The molecule has 0 radical (unpaired) electrons. The first-order valence-corrected chi connectivity index (χ1v) is 8.14. The molecule has 3 aliphatic rings. The van der Waals surface area contributed by atoms with E-state index < -0.39 is 5.54 Å². The van der Waals surface area contributed by atoms with Crippen molar-refractivity contribution < 1.29 is 9.59 Å². The second-order valence-electron chi connectivity index (χ2n) is 7.37. The highest BCUT2D eigenvalue weighted by molar-refractivity contribution is 5.98. The predicted octanol–water partition coefficient (Wildman–Crippen LogP) is 2.23. The van der Waals surface area contributed by atoms with Gasteiger partial charge in [0.2, 0.25) is 11.8 Å². The van der Waals surface area contributed by atoms with Gasteiger partial charge >= 0.3 is 0 Å². The molecule has 1 spiro atoms. The minimum Gasteiger partial charge on any atom is -0.340 e. The van der Waals surface area contributed by atoms with Crippen molar-refractivity contribution in [3.63, 3.8) is 0 Å². The van der Waals surface area contributed by atoms with Crippen LogP contribution >= 0.6 is 0 Å². The normalized spacial score (nSPS) is 28.8. The summed E-state index contributed by atoms with van der Waals surface area (Å²) in [4.78, 5) is 26.8. The van der Waals surface area contributed by atoms with Gasteiger partial charge in [-0.2, -0.15) is 0 Å². The van der Waals surface area contributed by atoms with Gasteiger partial charge in [-0.05, 0) is 31.1 Å². The van der Waals surface area contributed by atoms with Crippen molar-refractivity contribution in [3.8, 4) is 0 Å². The lowest BCUT2D eigenvalue weighted by atomic mass is 9.78. The maximum absolute atomic E-state index is 12.9. The molecule has 2 aliphatic carbocycles. The van der Waals surface area contributed by atoms with Crippen LogP contribution in [0.5, 0.6) is 0 Å². The molecule has 1 aliphatic heterocycles. The first kappa shape index (κ1) is 13.9. The smallest absolute Gasteiger partial charge is 0.248 e. The quantitative estimate of drug-likeness (QED) is 0.842. The van der Waals surface area contributed by atoms with Crippen molar-refractivity contribution in [2.75, 3.05) is 13.1 Å². The highest BCUT2D eigenvalue weighted by Crippen LogP contribution is 2.40. The van der Waals surface area contributed by atoms with Crippen molar-refractivity contribution in [1.29, 1.82) is 0 Å². The van der Waals surface area contributed by atoms with Crippen LogP contribution in [0.1, 0.15) is 64.7 Å². The third kappa shape index (κ3) is 2.45. The van der Waals surface area contributed by atoms with Crippen LogP contribution in [0.4, 0.5) is 0 Å². The van der Waals surface area contributed by atoms with E-state index in [1.807, 2.05) is 4.90 Å². The Balaban J connectivity index is 1.76. The third-order valence-corrected chi connectivity index (χ3v) is 5.50. The van der Waals surface area contributed by atoms with Crippen LogP contribution in [0.2, 0.25) is 0 Å². The zero-order chi connectivity index (χ0) is 14.2. The fourth-order valence-corrected chi connectivity index (χ4v) is 4.38. The van der Waals surface area contributed by atoms with Gasteiger partial charge in [-0.1, -0.05) is 39.0 Å². The molecule has 3 fully saturated rings. The highest BCUT2D eigenvalue weighted by atomic mass is 16.2. The van der Waals surface area contributed by atoms with Crippen LogP contribution in [0, 0.1) is 5.41 Å². The van der Waals surface area contributed by atoms with Crippen LogP contribution in [-0.4, -0.2) is 35.3 Å². The molecule has 1 heterocycles. The number of nitrogens with one attached hydrogen (secondary N) is 1. The number of hydrogen-bond donors (Lipinski definition) is 1. The van der Waals surface area contributed by atoms with Crippen LogP contribution in [0.25, 0.3) is 0 Å². The number of piperazine rings is 1. The molecule has 2 amide bonds. The van der Waals surface area contributed by atoms with Crippen molar-refractivity contribution in [1.82, 2.24) is 10.2 Å². The minimum absolute atomic E-state index is 0.0353. The van der Waals surface area contributed by atoms with Gasteiger partial charge in [0.25, 0.3) is 0 Å². The Morgan fingerprint density at radius 3 is 2.25 bits per heavy atom. The fourth-order valence-electron chi connectivity index (χ4n) is 4.38. The Bertz CT molecular complexity index is 407. The maximum atomic E-state index is 12.9. The summed E-state index contributed by atoms with van der Waals surface area (Å²) in [5.41, 5.74) is -0.342. The molecule has 0 unspecified atom stereocenters. The van der Waals surface area contributed by atoms with E-state index in [1.54, 1.807) is 0 Å². The number of carbonyl (C=O) groups is 2. The van der Waals surface area contributed by atoms with Gasteiger partial charge in [-0.15, -0.1) is 0 Å². The second-order valence-corrected chi connectivity index (χ2v) is 7.37. The largest absolute Gasteiger partial charge is 0.340 e. The summed E-state index contributed by atoms with van der Waals surface area (Å²) in [5, 5.41) is 3.02. The first-order chi connectivity index (χ1) is 9.53. The van der Waals surface area contributed by atoms with Crippen molar-refractivity contribution >= 4 is 11.8 Å². The molecule has 1 N–H and O–H groups in total. The Labute approximate surface area is 121 Å². The Hall–Kier alpha value is -1.06. The van der Waals surface area contributed by atoms with Crippen molar-refractivity contribution in [2.24, 2.45) is 5.41 Å². The lowest BCUT2D eigenvalue weighted by Gasteiger charge is -2.46. The van der Waals surface area contributed by atoms with E-state index in [1.165, 1.54) is 32.1 Å². The van der Waals surface area contributed by atoms with Gasteiger partial charge in [0.1, 0.15) is 5.54 Å². The zero-order valence-electron chi connectivity index (χ0n) is 12.5. The molecule has 0 aromatic rings. The Morgan fingerprint density at radius 2 is 1.60 bits per heavy atom. The first-order valence-electron chi connectivity index (χ1n) is 8.14. The van der Waals surface area contributed by atoms with Crippen LogP contribution in [0.3, 0.4) is 0 Å². The summed E-state index contributed by atoms with van der Waals surface area (Å²) in [6.07, 6.45) is 9.83. The predicted molar refractivity (Wildman–Crippen MR) is 77.1 cm³/mol. The average molecular weight is 278 g/mol. The van der Waals surface area contributed by atoms with E-state index in [9.17, 15) is 9.59 Å². The fraction of sp³-hybridized carbons (Fsp3) is 0.875. The number of nitrogens with zero attached hydrogens (tertiary/aromatic N) is 1. The summed E-state index contributed by atoms with van der Waals surface area (Å²) in [6, 6.07) is 0. The lowest BCUT2D eigenvalue weighted by molar-refractivity contribution is -0.153. The summed E-state index contributed by atoms with van der Waals surface area (Å²) in [6.45, 7) is 3.30. The molecular weight excluding hydrogens is 252 g/mol. The molecule has 0 aromatic carbocycles. The van der Waals surface area contributed by atoms with Gasteiger partial charge in [0, 0.05) is 6.54 Å². The van der Waals surface area contributed by atoms with E-state index >= 15 is 0 Å². The third-order valence-electron chi connectivity index (χ3n) is 5.50. The van der Waals surface area contributed by atoms with E-state index in [0.29, 0.717) is 0 Å². The average Bonchev–Trinajstić information content (AvgIpc) is 2.83. The molecule has 0 atom stereocenters. The number of hydrogen-bond acceptors (Lipinski definition) is 2. The molecule has 3 rings (SSSR count). The summed E-state index contributed by atoms with van der Waals surface area (Å²) < 4.78 is 0. The van der Waals surface area contributed by atoms with Crippen molar-refractivity contribution in [3.05, 3.63) is 0 Å². The zero-order valence-corrected chi connectivity index (χ0v) is 12.5. The van der Waals surface area contributed by atoms with Gasteiger partial charge in [-0.3, -0.25) is 9.59 Å². The number of amides is 2. The van der Waals surface area contributed by atoms with Crippen LogP contribution in [-0.2, 0) is 9.59 Å². The molecule has 4 nitrogen and oxygen atoms in total. The van der Waals surface area contributed by atoms with Gasteiger partial charge in [0.05, 0.1) is 6.54 Å². The van der Waals surface area contributed by atoms with E-state index in [2.05, 4.69) is 12.2 Å². The Kier molecular flexibility index (Phi) is 3.51. The monoisotopic (exact) mass is 278 g/mol. The Morgan fingerprint density at radius 1 is 1.00 bits per heavy atom. The molecule has 2 saturated carbocycles. The molecule has 4 heteroatoms. The SMILES string of the molecule is CC1(CN2CC(=O)NC3(CCCCC3)C2=O)CCCC1. The summed E-state index contributed by atoms with van der Waals surface area (Å²) in [7, 11) is 0. The van der Waals surface area contributed by atoms with E-state index in [-0.39, 0.29) is 23.8 Å². The van der Waals surface area contributed by atoms with Crippen LogP contribution in [0.15, 0.2) is 0 Å². The topological polar surface area (TPSA) is 49.4 Å². The lowest BCUT2D eigenvalue weighted by Crippen LogP contribution is -2.68. The van der Waals surface area contributed by atoms with Gasteiger partial charge in [0.15, 0.2) is 0 Å². The molecular formula is C16H26N2O2. The maximum Gasteiger partial charge on any atom is 0.248 e. The van der Waals surface area contributed by atoms with Crippen LogP contribution < -0.4 is 5.32 Å². The van der Waals surface area contributed by atoms with Gasteiger partial charge in [-0.25, -0.2) is 0 Å². The number of carbonyl (C=O) groups excluding carboxylic acids is 2. The molecule has 20 heavy (non-hydrogen) atoms. The van der Waals surface area contributed by atoms with Gasteiger partial charge < -0.3 is 10.2 Å². The standard InChI is InChI=1S/C16H26N2O2/c1-15(7-5-6-8-15)12-18-11-13(19)17-16(14(18)20)9-3-2-4-10-16/h2-12H2,1H3,(H,17,19). The number of rotatable bonds is 2. The summed E-state index contributed by atoms with van der Waals surface area (Å²) >= 11 is 0. The molecule has 112 valence electrons.